The molecule has 0 bridgehead atoms. The van der Waals surface area contributed by atoms with Gasteiger partial charge in [-0.2, -0.15) is 0 Å². The maximum atomic E-state index is 12.9. The number of aromatic nitrogens is 2. The summed E-state index contributed by atoms with van der Waals surface area (Å²) in [7, 11) is 0. The van der Waals surface area contributed by atoms with Crippen molar-refractivity contribution >= 4 is 28.8 Å². The zero-order chi connectivity index (χ0) is 19.9. The second-order valence-corrected chi connectivity index (χ2v) is 6.93. The molecule has 0 radical (unpaired) electrons. The van der Waals surface area contributed by atoms with E-state index >= 15 is 0 Å². The molecule has 0 atom stereocenters. The van der Waals surface area contributed by atoms with Crippen LogP contribution in [0.1, 0.15) is 26.8 Å². The van der Waals surface area contributed by atoms with Crippen LogP contribution in [-0.2, 0) is 17.8 Å². The van der Waals surface area contributed by atoms with Gasteiger partial charge >= 0.3 is 0 Å². The summed E-state index contributed by atoms with van der Waals surface area (Å²) in [6.45, 7) is 0.306. The quantitative estimate of drug-likeness (QED) is 0.635. The molecule has 6 nitrogen and oxygen atoms in total. The van der Waals surface area contributed by atoms with E-state index in [9.17, 15) is 18.4 Å². The Hall–Kier alpha value is -3.20. The molecule has 3 rings (SSSR count). The molecule has 1 aromatic heterocycles. The molecule has 0 saturated heterocycles. The van der Waals surface area contributed by atoms with Crippen LogP contribution in [0.25, 0.3) is 0 Å². The minimum atomic E-state index is -0.448. The normalized spacial score (nSPS) is 10.5. The third-order valence-electron chi connectivity index (χ3n) is 3.73. The molecular formula is C19H16F2N4O2S. The lowest BCUT2D eigenvalue weighted by Gasteiger charge is -2.04. The van der Waals surface area contributed by atoms with E-state index < -0.39 is 11.7 Å². The van der Waals surface area contributed by atoms with Gasteiger partial charge in [-0.1, -0.05) is 23.5 Å². The molecule has 1 heterocycles. The first-order valence-corrected chi connectivity index (χ1v) is 9.22. The molecule has 144 valence electrons. The van der Waals surface area contributed by atoms with Gasteiger partial charge in [0.2, 0.25) is 10.9 Å². The number of aryl methyl sites for hydroxylation is 1. The highest BCUT2D eigenvalue weighted by Gasteiger charge is 2.14. The van der Waals surface area contributed by atoms with Gasteiger partial charge in [0.15, 0.2) is 0 Å². The Morgan fingerprint density at radius 2 is 1.57 bits per heavy atom. The lowest BCUT2D eigenvalue weighted by atomic mass is 10.2. The van der Waals surface area contributed by atoms with Crippen molar-refractivity contribution < 1.29 is 18.4 Å². The predicted octanol–water partition coefficient (Wildman–Crippen LogP) is 3.32. The molecule has 2 amide bonds. The Labute approximate surface area is 163 Å². The smallest absolute Gasteiger partial charge is 0.286 e. The monoisotopic (exact) mass is 402 g/mol. The summed E-state index contributed by atoms with van der Waals surface area (Å²) in [6.07, 6.45) is 0.534. The van der Waals surface area contributed by atoms with Gasteiger partial charge in [-0.05, 0) is 42.0 Å². The Bertz CT molecular complexity index is 959. The van der Waals surface area contributed by atoms with Crippen LogP contribution in [-0.4, -0.2) is 22.0 Å². The van der Waals surface area contributed by atoms with Crippen LogP contribution < -0.4 is 10.6 Å². The van der Waals surface area contributed by atoms with Gasteiger partial charge in [0.1, 0.15) is 16.6 Å². The van der Waals surface area contributed by atoms with Crippen molar-refractivity contribution in [2.45, 2.75) is 19.4 Å². The Morgan fingerprint density at radius 1 is 0.929 bits per heavy atom. The fraction of sp³-hybridized carbons (Fsp3) is 0.158. The number of hydrogen-bond acceptors (Lipinski definition) is 5. The molecule has 3 aromatic rings. The molecule has 0 fully saturated rings. The summed E-state index contributed by atoms with van der Waals surface area (Å²) >= 11 is 1.09. The largest absolute Gasteiger partial charge is 0.352 e. The molecule has 28 heavy (non-hydrogen) atoms. The SMILES string of the molecule is O=C(CCc1nnc(C(=O)Nc2ccc(F)cc2)s1)NCc1ccc(F)cc1. The summed E-state index contributed by atoms with van der Waals surface area (Å²) < 4.78 is 25.7. The van der Waals surface area contributed by atoms with Crippen molar-refractivity contribution in [2.24, 2.45) is 0 Å². The number of nitrogens with zero attached hydrogens (tertiary/aromatic N) is 2. The third-order valence-corrected chi connectivity index (χ3v) is 4.71. The molecule has 0 aliphatic heterocycles. The molecule has 0 spiro atoms. The first kappa shape index (κ1) is 19.6. The lowest BCUT2D eigenvalue weighted by molar-refractivity contribution is -0.121. The van der Waals surface area contributed by atoms with Gasteiger partial charge in [-0.25, -0.2) is 8.78 Å². The molecule has 0 aliphatic rings. The van der Waals surface area contributed by atoms with Crippen LogP contribution in [0, 0.1) is 11.6 Å². The van der Waals surface area contributed by atoms with E-state index in [1.165, 1.54) is 36.4 Å². The summed E-state index contributed by atoms with van der Waals surface area (Å²) in [5, 5.41) is 13.8. The highest BCUT2D eigenvalue weighted by molar-refractivity contribution is 7.13. The van der Waals surface area contributed by atoms with Gasteiger partial charge in [0, 0.05) is 25.1 Å². The van der Waals surface area contributed by atoms with Crippen LogP contribution in [0.5, 0.6) is 0 Å². The van der Waals surface area contributed by atoms with Crippen LogP contribution in [0.15, 0.2) is 48.5 Å². The van der Waals surface area contributed by atoms with E-state index in [-0.39, 0.29) is 23.2 Å². The minimum Gasteiger partial charge on any atom is -0.352 e. The zero-order valence-electron chi connectivity index (χ0n) is 14.6. The Morgan fingerprint density at radius 3 is 2.25 bits per heavy atom. The van der Waals surface area contributed by atoms with Crippen LogP contribution in [0.2, 0.25) is 0 Å². The van der Waals surface area contributed by atoms with Crippen LogP contribution in [0.4, 0.5) is 14.5 Å². The Kier molecular flexibility index (Phi) is 6.38. The van der Waals surface area contributed by atoms with E-state index in [1.54, 1.807) is 12.1 Å². The molecule has 0 saturated carbocycles. The summed E-state index contributed by atoms with van der Waals surface area (Å²) in [5.74, 6) is -1.35. The maximum absolute atomic E-state index is 12.9. The van der Waals surface area contributed by atoms with Crippen molar-refractivity contribution in [3.63, 3.8) is 0 Å². The molecule has 2 N–H and O–H groups in total. The van der Waals surface area contributed by atoms with Gasteiger partial charge in [-0.3, -0.25) is 9.59 Å². The second kappa shape index (κ2) is 9.14. The topological polar surface area (TPSA) is 84.0 Å². The van der Waals surface area contributed by atoms with E-state index in [1.807, 2.05) is 0 Å². The Balaban J connectivity index is 1.45. The lowest BCUT2D eigenvalue weighted by Crippen LogP contribution is -2.22. The molecule has 2 aromatic carbocycles. The van der Waals surface area contributed by atoms with Gasteiger partial charge in [0.25, 0.3) is 5.91 Å². The van der Waals surface area contributed by atoms with Crippen molar-refractivity contribution in [1.82, 2.24) is 15.5 Å². The summed E-state index contributed by atoms with van der Waals surface area (Å²) in [6, 6.07) is 11.2. The van der Waals surface area contributed by atoms with Crippen molar-refractivity contribution in [3.8, 4) is 0 Å². The first-order chi connectivity index (χ1) is 13.5. The fourth-order valence-corrected chi connectivity index (χ4v) is 3.01. The third kappa shape index (κ3) is 5.65. The fourth-order valence-electron chi connectivity index (χ4n) is 2.28. The van der Waals surface area contributed by atoms with E-state index in [0.717, 1.165) is 16.9 Å². The zero-order valence-corrected chi connectivity index (χ0v) is 15.4. The number of benzene rings is 2. The second-order valence-electron chi connectivity index (χ2n) is 5.87. The molecular weight excluding hydrogens is 386 g/mol. The van der Waals surface area contributed by atoms with Crippen molar-refractivity contribution in [3.05, 3.63) is 75.7 Å². The number of anilines is 1. The number of amides is 2. The number of nitrogens with one attached hydrogen (secondary N) is 2. The van der Waals surface area contributed by atoms with Gasteiger partial charge in [0.05, 0.1) is 0 Å². The first-order valence-electron chi connectivity index (χ1n) is 8.40. The maximum Gasteiger partial charge on any atom is 0.286 e. The highest BCUT2D eigenvalue weighted by atomic mass is 32.1. The van der Waals surface area contributed by atoms with Crippen molar-refractivity contribution in [2.75, 3.05) is 5.32 Å². The van der Waals surface area contributed by atoms with E-state index in [4.69, 9.17) is 0 Å². The van der Waals surface area contributed by atoms with Crippen LogP contribution >= 0.6 is 11.3 Å². The summed E-state index contributed by atoms with van der Waals surface area (Å²) in [5.41, 5.74) is 1.24. The summed E-state index contributed by atoms with van der Waals surface area (Å²) in [4.78, 5) is 24.1. The number of halogens is 2. The number of carbonyl (C=O) groups excluding carboxylic acids is 2. The van der Waals surface area contributed by atoms with E-state index in [0.29, 0.717) is 23.7 Å². The predicted molar refractivity (Wildman–Crippen MR) is 101 cm³/mol. The average Bonchev–Trinajstić information content (AvgIpc) is 3.17. The number of hydrogen-bond donors (Lipinski definition) is 2. The molecule has 0 unspecified atom stereocenters. The van der Waals surface area contributed by atoms with Gasteiger partial charge < -0.3 is 10.6 Å². The van der Waals surface area contributed by atoms with Crippen LogP contribution in [0.3, 0.4) is 0 Å². The standard InChI is InChI=1S/C19H16F2N4O2S/c20-13-3-1-12(2-4-13)11-22-16(26)9-10-17-24-25-19(28-17)18(27)23-15-7-5-14(21)6-8-15/h1-8H,9-11H2,(H,22,26)(H,23,27). The molecule has 0 aliphatic carbocycles. The number of rotatable bonds is 7. The highest BCUT2D eigenvalue weighted by Crippen LogP contribution is 2.15. The minimum absolute atomic E-state index is 0.158. The van der Waals surface area contributed by atoms with Crippen molar-refractivity contribution in [1.29, 1.82) is 0 Å². The number of carbonyl (C=O) groups is 2. The molecule has 9 heteroatoms. The average molecular weight is 402 g/mol. The van der Waals surface area contributed by atoms with Gasteiger partial charge in [-0.15, -0.1) is 10.2 Å². The van der Waals surface area contributed by atoms with E-state index in [2.05, 4.69) is 20.8 Å².